The van der Waals surface area contributed by atoms with Crippen molar-refractivity contribution in [3.63, 3.8) is 0 Å². The molecule has 9 heteroatoms. The number of rotatable bonds is 10. The molecule has 0 aromatic heterocycles. The standard InChI is InChI=1S/C31H37NO8/c1-17(2)39-11-12-40-31(35)28-18(3)32-22-13-21(19-8-10-25(36-4)27(15-19)38-6)14-24(34)30(22)29(28)20-7-9-23(33)26(16-20)37-5/h7-10,15-17,21,29,32-33H,11-14H2,1-6H3/t21-,29-/m0/s1. The molecule has 4 rings (SSSR count). The molecular formula is C31H37NO8. The Hall–Kier alpha value is -3.98. The van der Waals surface area contributed by atoms with Gasteiger partial charge in [-0.2, -0.15) is 0 Å². The van der Waals surface area contributed by atoms with Crippen LogP contribution in [0.5, 0.6) is 23.0 Å². The number of esters is 1. The summed E-state index contributed by atoms with van der Waals surface area (Å²) in [5, 5.41) is 13.6. The van der Waals surface area contributed by atoms with Crippen molar-refractivity contribution in [2.75, 3.05) is 34.5 Å². The molecule has 0 fully saturated rings. The van der Waals surface area contributed by atoms with E-state index in [1.54, 1.807) is 33.3 Å². The third kappa shape index (κ3) is 5.94. The van der Waals surface area contributed by atoms with Crippen molar-refractivity contribution in [2.45, 2.75) is 51.6 Å². The molecule has 0 spiro atoms. The normalized spacial score (nSPS) is 18.8. The number of nitrogens with one attached hydrogen (secondary N) is 1. The minimum absolute atomic E-state index is 0.0133. The predicted octanol–water partition coefficient (Wildman–Crippen LogP) is 4.75. The number of phenolic OH excluding ortho intramolecular Hbond substituents is 1. The molecule has 0 saturated heterocycles. The van der Waals surface area contributed by atoms with Crippen LogP contribution in [0.3, 0.4) is 0 Å². The molecular weight excluding hydrogens is 514 g/mol. The van der Waals surface area contributed by atoms with Crippen molar-refractivity contribution in [2.24, 2.45) is 0 Å². The number of Topliss-reactive ketones (excluding diaryl/α,β-unsaturated/α-hetero) is 1. The molecule has 0 bridgehead atoms. The quantitative estimate of drug-likeness (QED) is 0.319. The zero-order valence-corrected chi connectivity index (χ0v) is 23.8. The summed E-state index contributed by atoms with van der Waals surface area (Å²) in [6, 6.07) is 10.6. The fourth-order valence-corrected chi connectivity index (χ4v) is 5.36. The lowest BCUT2D eigenvalue weighted by Gasteiger charge is -2.37. The molecule has 2 atom stereocenters. The molecule has 1 heterocycles. The van der Waals surface area contributed by atoms with Gasteiger partial charge in [0.05, 0.1) is 39.6 Å². The van der Waals surface area contributed by atoms with E-state index in [1.165, 1.54) is 13.2 Å². The maximum Gasteiger partial charge on any atom is 0.336 e. The molecule has 2 aromatic rings. The van der Waals surface area contributed by atoms with Crippen LogP contribution < -0.4 is 19.5 Å². The van der Waals surface area contributed by atoms with Crippen molar-refractivity contribution in [3.8, 4) is 23.0 Å². The molecule has 0 saturated carbocycles. The summed E-state index contributed by atoms with van der Waals surface area (Å²) in [5.41, 5.74) is 3.82. The van der Waals surface area contributed by atoms with Crippen molar-refractivity contribution >= 4 is 11.8 Å². The topological polar surface area (TPSA) is 113 Å². The molecule has 2 N–H and O–H groups in total. The molecule has 0 unspecified atom stereocenters. The molecule has 2 aromatic carbocycles. The molecule has 2 aliphatic rings. The van der Waals surface area contributed by atoms with Gasteiger partial charge in [-0.25, -0.2) is 4.79 Å². The second-order valence-electron chi connectivity index (χ2n) is 10.1. The second-order valence-corrected chi connectivity index (χ2v) is 10.1. The van der Waals surface area contributed by atoms with E-state index in [0.29, 0.717) is 40.3 Å². The van der Waals surface area contributed by atoms with Gasteiger partial charge in [-0.05, 0) is 68.5 Å². The number of carbonyl (C=O) groups is 2. The number of ketones is 1. The second kappa shape index (κ2) is 12.5. The van der Waals surface area contributed by atoms with E-state index in [9.17, 15) is 14.7 Å². The summed E-state index contributed by atoms with van der Waals surface area (Å²) in [6.07, 6.45) is 0.828. The number of benzene rings is 2. The summed E-state index contributed by atoms with van der Waals surface area (Å²) < 4.78 is 27.3. The van der Waals surface area contributed by atoms with Crippen LogP contribution >= 0.6 is 0 Å². The molecule has 214 valence electrons. The fourth-order valence-electron chi connectivity index (χ4n) is 5.36. The highest BCUT2D eigenvalue weighted by Gasteiger charge is 2.41. The highest BCUT2D eigenvalue weighted by molar-refractivity contribution is 6.04. The number of aromatic hydroxyl groups is 1. The lowest BCUT2D eigenvalue weighted by molar-refractivity contribution is -0.141. The van der Waals surface area contributed by atoms with Crippen molar-refractivity contribution in [3.05, 3.63) is 70.1 Å². The molecule has 0 radical (unpaired) electrons. The van der Waals surface area contributed by atoms with Crippen LogP contribution in [0.2, 0.25) is 0 Å². The predicted molar refractivity (Wildman–Crippen MR) is 149 cm³/mol. The number of hydrogen-bond donors (Lipinski definition) is 2. The van der Waals surface area contributed by atoms with Crippen LogP contribution in [0.25, 0.3) is 0 Å². The Morgan fingerprint density at radius 3 is 2.30 bits per heavy atom. The van der Waals surface area contributed by atoms with Crippen LogP contribution in [0, 0.1) is 0 Å². The Morgan fingerprint density at radius 2 is 1.62 bits per heavy atom. The van der Waals surface area contributed by atoms with Crippen molar-refractivity contribution in [1.82, 2.24) is 5.32 Å². The van der Waals surface area contributed by atoms with E-state index < -0.39 is 11.9 Å². The average Bonchev–Trinajstić information content (AvgIpc) is 2.94. The third-order valence-electron chi connectivity index (χ3n) is 7.23. The number of dihydropyridines is 1. The van der Waals surface area contributed by atoms with Crippen molar-refractivity contribution < 1.29 is 38.4 Å². The highest BCUT2D eigenvalue weighted by Crippen LogP contribution is 2.47. The van der Waals surface area contributed by atoms with E-state index in [-0.39, 0.29) is 48.9 Å². The van der Waals surface area contributed by atoms with Crippen LogP contribution in [0.1, 0.15) is 56.6 Å². The van der Waals surface area contributed by atoms with Crippen LogP contribution in [0.15, 0.2) is 58.9 Å². The third-order valence-corrected chi connectivity index (χ3v) is 7.23. The summed E-state index contributed by atoms with van der Waals surface area (Å²) in [4.78, 5) is 27.3. The van der Waals surface area contributed by atoms with E-state index >= 15 is 0 Å². The van der Waals surface area contributed by atoms with Gasteiger partial charge in [0.15, 0.2) is 28.8 Å². The highest BCUT2D eigenvalue weighted by atomic mass is 16.6. The van der Waals surface area contributed by atoms with E-state index in [2.05, 4.69) is 5.32 Å². The molecule has 9 nitrogen and oxygen atoms in total. The monoisotopic (exact) mass is 551 g/mol. The minimum atomic E-state index is -0.692. The summed E-state index contributed by atoms with van der Waals surface area (Å²) >= 11 is 0. The first-order chi connectivity index (χ1) is 19.2. The fraction of sp³-hybridized carbons (Fsp3) is 0.419. The van der Waals surface area contributed by atoms with Gasteiger partial charge in [0.1, 0.15) is 6.61 Å². The Bertz CT molecular complexity index is 1340. The molecule has 1 aliphatic heterocycles. The number of phenols is 1. The van der Waals surface area contributed by atoms with Crippen LogP contribution in [-0.4, -0.2) is 57.5 Å². The Balaban J connectivity index is 1.73. The lowest BCUT2D eigenvalue weighted by atomic mass is 9.71. The van der Waals surface area contributed by atoms with Gasteiger partial charge in [0.2, 0.25) is 0 Å². The van der Waals surface area contributed by atoms with Gasteiger partial charge >= 0.3 is 5.97 Å². The molecule has 0 amide bonds. The Kier molecular flexibility index (Phi) is 9.04. The number of carbonyl (C=O) groups excluding carboxylic acids is 2. The number of ether oxygens (including phenoxy) is 5. The van der Waals surface area contributed by atoms with Gasteiger partial charge in [-0.15, -0.1) is 0 Å². The van der Waals surface area contributed by atoms with Gasteiger partial charge < -0.3 is 34.1 Å². The maximum atomic E-state index is 13.9. The zero-order chi connectivity index (χ0) is 29.0. The number of hydrogen-bond acceptors (Lipinski definition) is 9. The van der Waals surface area contributed by atoms with Gasteiger partial charge in [0, 0.05) is 29.3 Å². The van der Waals surface area contributed by atoms with Crippen LogP contribution in [-0.2, 0) is 19.1 Å². The maximum absolute atomic E-state index is 13.9. The molecule has 1 aliphatic carbocycles. The average molecular weight is 552 g/mol. The first-order valence-electron chi connectivity index (χ1n) is 13.3. The Morgan fingerprint density at radius 1 is 0.950 bits per heavy atom. The van der Waals surface area contributed by atoms with E-state index in [4.69, 9.17) is 23.7 Å². The first-order valence-corrected chi connectivity index (χ1v) is 13.3. The summed E-state index contributed by atoms with van der Waals surface area (Å²) in [7, 11) is 4.62. The van der Waals surface area contributed by atoms with Gasteiger partial charge in [-0.3, -0.25) is 4.79 Å². The summed E-state index contributed by atoms with van der Waals surface area (Å²) in [5.74, 6) is 0.0360. The SMILES string of the molecule is COc1cc([C@H]2C(C(=O)OCCOC(C)C)=C(C)NC3=C2C(=O)C[C@@H](c2ccc(OC)c(OC)c2)C3)ccc1O. The molecule has 40 heavy (non-hydrogen) atoms. The Labute approximate surface area is 234 Å². The summed E-state index contributed by atoms with van der Waals surface area (Å²) in [6.45, 7) is 5.97. The van der Waals surface area contributed by atoms with Crippen molar-refractivity contribution in [1.29, 1.82) is 0 Å². The smallest absolute Gasteiger partial charge is 0.336 e. The van der Waals surface area contributed by atoms with E-state index in [0.717, 1.165) is 11.3 Å². The largest absolute Gasteiger partial charge is 0.504 e. The number of allylic oxidation sites excluding steroid dienone is 3. The first kappa shape index (κ1) is 29.0. The van der Waals surface area contributed by atoms with Gasteiger partial charge in [-0.1, -0.05) is 12.1 Å². The minimum Gasteiger partial charge on any atom is -0.504 e. The zero-order valence-electron chi connectivity index (χ0n) is 23.8. The van der Waals surface area contributed by atoms with E-state index in [1.807, 2.05) is 32.0 Å². The van der Waals surface area contributed by atoms with Gasteiger partial charge in [0.25, 0.3) is 0 Å². The lowest BCUT2D eigenvalue weighted by Crippen LogP contribution is -2.36. The van der Waals surface area contributed by atoms with Crippen LogP contribution in [0.4, 0.5) is 0 Å². The number of methoxy groups -OCH3 is 3.